The number of carbonyl (C=O) groups excluding carboxylic acids is 1. The normalized spacial score (nSPS) is 24.0. The molecule has 0 atom stereocenters. The molecule has 1 aliphatic heterocycles. The van der Waals surface area contributed by atoms with Crippen LogP contribution in [0.1, 0.15) is 0 Å². The predicted molar refractivity (Wildman–Crippen MR) is 45.2 cm³/mol. The summed E-state index contributed by atoms with van der Waals surface area (Å²) in [6.45, 7) is 0. The summed E-state index contributed by atoms with van der Waals surface area (Å²) in [6, 6.07) is 0. The highest BCUT2D eigenvalue weighted by Gasteiger charge is 2.23. The molecule has 0 saturated carbocycles. The molecule has 56 valence electrons. The summed E-state index contributed by atoms with van der Waals surface area (Å²) >= 11 is 0. The van der Waals surface area contributed by atoms with Crippen LogP contribution in [0.5, 0.6) is 0 Å². The van der Waals surface area contributed by atoms with Crippen LogP contribution in [0.2, 0.25) is 0 Å². The maximum atomic E-state index is 10.7. The van der Waals surface area contributed by atoms with Gasteiger partial charge < -0.3 is 5.73 Å². The zero-order valence-electron chi connectivity index (χ0n) is 6.00. The number of primary amides is 1. The molecule has 0 aromatic heterocycles. The quantitative estimate of drug-likeness (QED) is 0.590. The van der Waals surface area contributed by atoms with E-state index in [1.54, 1.807) is 11.7 Å². The van der Waals surface area contributed by atoms with E-state index in [4.69, 9.17) is 5.73 Å². The van der Waals surface area contributed by atoms with E-state index < -0.39 is 10.0 Å². The van der Waals surface area contributed by atoms with Crippen LogP contribution < -0.4 is 5.73 Å². The first kappa shape index (κ1) is 7.34. The highest BCUT2D eigenvalue weighted by Crippen LogP contribution is 2.48. The van der Waals surface area contributed by atoms with Crippen molar-refractivity contribution in [3.05, 3.63) is 11.1 Å². The van der Waals surface area contributed by atoms with E-state index >= 15 is 0 Å². The smallest absolute Gasteiger partial charge is 0.255 e. The number of carbonyl (C=O) groups is 1. The Balaban J connectivity index is 2.93. The van der Waals surface area contributed by atoms with Gasteiger partial charge in [0.15, 0.2) is 0 Å². The van der Waals surface area contributed by atoms with Crippen molar-refractivity contribution in [3.63, 3.8) is 0 Å². The Morgan fingerprint density at radius 3 is 2.50 bits per heavy atom. The van der Waals surface area contributed by atoms with E-state index in [0.717, 1.165) is 0 Å². The maximum Gasteiger partial charge on any atom is 0.255 e. The Morgan fingerprint density at radius 1 is 1.70 bits per heavy atom. The number of rotatable bonds is 1. The zero-order chi connectivity index (χ0) is 7.78. The summed E-state index contributed by atoms with van der Waals surface area (Å²) < 4.78 is 0. The summed E-state index contributed by atoms with van der Waals surface area (Å²) in [6.07, 6.45) is 5.53. The van der Waals surface area contributed by atoms with Gasteiger partial charge in [-0.2, -0.15) is 10.0 Å². The molecule has 0 aromatic rings. The summed E-state index contributed by atoms with van der Waals surface area (Å²) in [5.74, 6) is -0.350. The summed E-state index contributed by atoms with van der Waals surface area (Å²) in [5.41, 5.74) is 6.91. The molecule has 0 unspecified atom stereocenters. The molecular weight excluding hydrogens is 148 g/mol. The molecule has 0 saturated heterocycles. The average molecular weight is 158 g/mol. The van der Waals surface area contributed by atoms with Crippen molar-refractivity contribution in [2.75, 3.05) is 12.5 Å². The molecule has 3 nitrogen and oxygen atoms in total. The lowest BCUT2D eigenvalue weighted by Gasteiger charge is -2.22. The molecule has 0 radical (unpaired) electrons. The van der Waals surface area contributed by atoms with Crippen LogP contribution in [0.3, 0.4) is 0 Å². The van der Waals surface area contributed by atoms with Crippen molar-refractivity contribution in [2.24, 2.45) is 10.7 Å². The average Bonchev–Trinajstić information content (AvgIpc) is 2.08. The van der Waals surface area contributed by atoms with Crippen molar-refractivity contribution in [1.82, 2.24) is 0 Å². The van der Waals surface area contributed by atoms with Crippen LogP contribution in [0.4, 0.5) is 0 Å². The first-order valence-electron chi connectivity index (χ1n) is 2.80. The van der Waals surface area contributed by atoms with Gasteiger partial charge in [0.05, 0.1) is 4.91 Å². The van der Waals surface area contributed by atoms with Crippen molar-refractivity contribution in [1.29, 1.82) is 0 Å². The van der Waals surface area contributed by atoms with E-state index in [1.165, 1.54) is 0 Å². The van der Waals surface area contributed by atoms with E-state index in [2.05, 4.69) is 4.99 Å². The molecule has 4 heteroatoms. The summed E-state index contributed by atoms with van der Waals surface area (Å²) in [5, 5.41) is 0. The first-order chi connectivity index (χ1) is 4.54. The van der Waals surface area contributed by atoms with Crippen molar-refractivity contribution < 1.29 is 4.79 Å². The van der Waals surface area contributed by atoms with Crippen molar-refractivity contribution in [3.8, 4) is 0 Å². The molecule has 1 rings (SSSR count). The molecule has 0 spiro atoms. The summed E-state index contributed by atoms with van der Waals surface area (Å²) in [4.78, 5) is 15.3. The van der Waals surface area contributed by atoms with Gasteiger partial charge in [0, 0.05) is 11.7 Å². The number of hydrogen-bond donors (Lipinski definition) is 1. The molecule has 0 aromatic carbocycles. The Hall–Kier alpha value is -0.770. The van der Waals surface area contributed by atoms with Crippen LogP contribution in [0, 0.1) is 0 Å². The second-order valence-electron chi connectivity index (χ2n) is 2.52. The minimum atomic E-state index is -1.09. The molecule has 10 heavy (non-hydrogen) atoms. The standard InChI is InChI=1S/C6H10N2OS/c1-10(2)4-8-3-5(10)6(7)9/h3-4H,1-2H3,(H2,7,9). The fourth-order valence-electron chi connectivity index (χ4n) is 0.766. The van der Waals surface area contributed by atoms with Gasteiger partial charge in [-0.05, 0) is 12.5 Å². The highest BCUT2D eigenvalue weighted by atomic mass is 32.3. The van der Waals surface area contributed by atoms with E-state index in [-0.39, 0.29) is 5.91 Å². The lowest BCUT2D eigenvalue weighted by atomic mass is 10.6. The number of amides is 1. The van der Waals surface area contributed by atoms with Crippen LogP contribution >= 0.6 is 10.0 Å². The fourth-order valence-corrected chi connectivity index (χ4v) is 2.10. The Bertz CT molecular complexity index is 230. The molecule has 0 fully saturated rings. The first-order valence-corrected chi connectivity index (χ1v) is 5.32. The number of aliphatic imine (C=N–C) groups is 1. The maximum absolute atomic E-state index is 10.7. The van der Waals surface area contributed by atoms with Crippen LogP contribution in [0.15, 0.2) is 16.1 Å². The molecule has 1 aliphatic rings. The van der Waals surface area contributed by atoms with Crippen LogP contribution in [-0.4, -0.2) is 24.0 Å². The molecule has 0 aliphatic carbocycles. The third kappa shape index (κ3) is 1.07. The predicted octanol–water partition coefficient (Wildman–Crippen LogP) is 0.419. The van der Waals surface area contributed by atoms with Crippen LogP contribution in [-0.2, 0) is 4.79 Å². The number of nitrogens with two attached hydrogens (primary N) is 1. The molecule has 0 bridgehead atoms. The van der Waals surface area contributed by atoms with Crippen molar-refractivity contribution in [2.45, 2.75) is 0 Å². The Morgan fingerprint density at radius 2 is 2.30 bits per heavy atom. The summed E-state index contributed by atoms with van der Waals surface area (Å²) in [7, 11) is -1.09. The molecule has 2 N–H and O–H groups in total. The molecule has 1 amide bonds. The van der Waals surface area contributed by atoms with E-state index in [0.29, 0.717) is 4.91 Å². The topological polar surface area (TPSA) is 55.4 Å². The van der Waals surface area contributed by atoms with Gasteiger partial charge in [0.25, 0.3) is 5.91 Å². The Labute approximate surface area is 61.3 Å². The highest BCUT2D eigenvalue weighted by molar-refractivity contribution is 8.46. The monoisotopic (exact) mass is 158 g/mol. The lowest BCUT2D eigenvalue weighted by molar-refractivity contribution is -0.113. The second-order valence-corrected chi connectivity index (χ2v) is 5.98. The zero-order valence-corrected chi connectivity index (χ0v) is 6.81. The number of nitrogens with zero attached hydrogens (tertiary/aromatic N) is 1. The minimum Gasteiger partial charge on any atom is -0.365 e. The van der Waals surface area contributed by atoms with E-state index in [1.807, 2.05) is 12.5 Å². The third-order valence-electron chi connectivity index (χ3n) is 1.33. The van der Waals surface area contributed by atoms with Gasteiger partial charge >= 0.3 is 0 Å². The largest absolute Gasteiger partial charge is 0.365 e. The second kappa shape index (κ2) is 2.12. The number of hydrogen-bond acceptors (Lipinski definition) is 2. The van der Waals surface area contributed by atoms with Gasteiger partial charge in [-0.1, -0.05) is 0 Å². The SMILES string of the molecule is CS1(C)C=NC=C1C(N)=O. The van der Waals surface area contributed by atoms with Gasteiger partial charge in [0.2, 0.25) is 0 Å². The fraction of sp³-hybridized carbons (Fsp3) is 0.333. The van der Waals surface area contributed by atoms with Gasteiger partial charge in [-0.25, -0.2) is 0 Å². The minimum absolute atomic E-state index is 0.350. The lowest BCUT2D eigenvalue weighted by Crippen LogP contribution is -2.16. The molecular formula is C6H10N2OS. The Kier molecular flexibility index (Phi) is 1.56. The third-order valence-corrected chi connectivity index (χ3v) is 3.41. The van der Waals surface area contributed by atoms with Crippen molar-refractivity contribution >= 4 is 21.5 Å². The van der Waals surface area contributed by atoms with Gasteiger partial charge in [0.1, 0.15) is 0 Å². The van der Waals surface area contributed by atoms with Crippen LogP contribution in [0.25, 0.3) is 0 Å². The van der Waals surface area contributed by atoms with Gasteiger partial charge in [-0.3, -0.25) is 9.79 Å². The van der Waals surface area contributed by atoms with E-state index in [9.17, 15) is 4.79 Å². The van der Waals surface area contributed by atoms with Gasteiger partial charge in [-0.15, -0.1) is 0 Å². The molecule has 1 heterocycles.